The van der Waals surface area contributed by atoms with Crippen LogP contribution in [-0.2, 0) is 5.41 Å². The van der Waals surface area contributed by atoms with Gasteiger partial charge in [0.2, 0.25) is 0 Å². The smallest absolute Gasteiger partial charge is 0.0410 e. The van der Waals surface area contributed by atoms with E-state index in [4.69, 9.17) is 11.6 Å². The van der Waals surface area contributed by atoms with Gasteiger partial charge in [0.15, 0.2) is 0 Å². The zero-order valence-corrected chi connectivity index (χ0v) is 16.8. The van der Waals surface area contributed by atoms with Crippen molar-refractivity contribution in [1.82, 2.24) is 0 Å². The summed E-state index contributed by atoms with van der Waals surface area (Å²) >= 11 is 6.23. The number of allylic oxidation sites excluding steroid dienone is 1. The van der Waals surface area contributed by atoms with Crippen LogP contribution in [0.2, 0.25) is 5.02 Å². The van der Waals surface area contributed by atoms with Gasteiger partial charge in [-0.2, -0.15) is 0 Å². The van der Waals surface area contributed by atoms with Gasteiger partial charge in [-0.3, -0.25) is 0 Å². The van der Waals surface area contributed by atoms with Gasteiger partial charge in [-0.1, -0.05) is 49.7 Å². The first-order valence-corrected chi connectivity index (χ1v) is 9.87. The van der Waals surface area contributed by atoms with E-state index >= 15 is 0 Å². The fourth-order valence-corrected chi connectivity index (χ4v) is 3.84. The van der Waals surface area contributed by atoms with Crippen LogP contribution >= 0.6 is 11.6 Å². The Morgan fingerprint density at radius 1 is 1.08 bits per heavy atom. The molecular weight excluding hydrogens is 340 g/mol. The number of benzene rings is 2. The summed E-state index contributed by atoms with van der Waals surface area (Å²) in [6.45, 7) is 6.91. The lowest BCUT2D eigenvalue weighted by atomic mass is 9.80. The van der Waals surface area contributed by atoms with Crippen LogP contribution in [0.3, 0.4) is 0 Å². The van der Waals surface area contributed by atoms with Crippen molar-refractivity contribution in [3.63, 3.8) is 0 Å². The lowest BCUT2D eigenvalue weighted by molar-refractivity contribution is 0.536. The van der Waals surface area contributed by atoms with Crippen molar-refractivity contribution < 1.29 is 0 Å². The summed E-state index contributed by atoms with van der Waals surface area (Å²) in [6, 6.07) is 15.0. The van der Waals surface area contributed by atoms with Crippen LogP contribution in [0.25, 0.3) is 6.08 Å². The van der Waals surface area contributed by atoms with Crippen LogP contribution in [0.15, 0.2) is 48.5 Å². The van der Waals surface area contributed by atoms with Crippen LogP contribution in [0.5, 0.6) is 0 Å². The van der Waals surface area contributed by atoms with Gasteiger partial charge in [0.25, 0.3) is 0 Å². The normalized spacial score (nSPS) is 15.0. The lowest BCUT2D eigenvalue weighted by Crippen LogP contribution is -2.18. The molecule has 0 saturated carbocycles. The third-order valence-corrected chi connectivity index (χ3v) is 5.52. The Kier molecular flexibility index (Phi) is 5.93. The molecule has 0 aliphatic carbocycles. The maximum absolute atomic E-state index is 6.23. The second kappa shape index (κ2) is 8.18. The highest BCUT2D eigenvalue weighted by molar-refractivity contribution is 6.30. The Morgan fingerprint density at radius 3 is 2.42 bits per heavy atom. The minimum absolute atomic E-state index is 0.00916. The number of nitrogens with one attached hydrogen (secondary N) is 1. The van der Waals surface area contributed by atoms with E-state index in [0.29, 0.717) is 0 Å². The molecule has 26 heavy (non-hydrogen) atoms. The molecule has 1 saturated heterocycles. The van der Waals surface area contributed by atoms with Gasteiger partial charge >= 0.3 is 0 Å². The van der Waals surface area contributed by atoms with Crippen molar-refractivity contribution in [2.45, 2.75) is 38.5 Å². The minimum Gasteiger partial charge on any atom is -0.388 e. The molecule has 2 nitrogen and oxygen atoms in total. The molecule has 2 aromatic carbocycles. The van der Waals surface area contributed by atoms with Crippen LogP contribution in [0, 0.1) is 0 Å². The highest BCUT2D eigenvalue weighted by atomic mass is 35.5. The summed E-state index contributed by atoms with van der Waals surface area (Å²) in [4.78, 5) is 2.47. The maximum atomic E-state index is 6.23. The zero-order chi connectivity index (χ0) is 18.6. The Hall–Kier alpha value is -1.93. The predicted molar refractivity (Wildman–Crippen MR) is 116 cm³/mol. The van der Waals surface area contributed by atoms with Gasteiger partial charge in [-0.05, 0) is 66.1 Å². The molecule has 1 heterocycles. The quantitative estimate of drug-likeness (QED) is 0.637. The van der Waals surface area contributed by atoms with Gasteiger partial charge < -0.3 is 10.2 Å². The zero-order valence-electron chi connectivity index (χ0n) is 16.1. The number of hydrogen-bond acceptors (Lipinski definition) is 2. The molecule has 0 spiro atoms. The molecule has 0 amide bonds. The number of nitrogens with zero attached hydrogens (tertiary/aromatic N) is 1. The van der Waals surface area contributed by atoms with E-state index in [1.54, 1.807) is 0 Å². The third kappa shape index (κ3) is 4.42. The van der Waals surface area contributed by atoms with Crippen LogP contribution in [-0.4, -0.2) is 20.1 Å². The number of anilines is 2. The lowest BCUT2D eigenvalue weighted by Gasteiger charge is -2.27. The topological polar surface area (TPSA) is 15.3 Å². The van der Waals surface area contributed by atoms with Crippen molar-refractivity contribution in [3.8, 4) is 0 Å². The molecule has 138 valence electrons. The Bertz CT molecular complexity index is 756. The van der Waals surface area contributed by atoms with Crippen molar-refractivity contribution in [1.29, 1.82) is 0 Å². The molecule has 2 aromatic rings. The number of halogens is 1. The highest BCUT2D eigenvalue weighted by Crippen LogP contribution is 2.35. The molecule has 1 fully saturated rings. The Morgan fingerprint density at radius 2 is 1.77 bits per heavy atom. The van der Waals surface area contributed by atoms with Crippen molar-refractivity contribution in [2.24, 2.45) is 0 Å². The number of rotatable bonds is 6. The fraction of sp³-hybridized carbons (Fsp3) is 0.391. The molecule has 3 heteroatoms. The first-order valence-electron chi connectivity index (χ1n) is 9.49. The molecule has 0 unspecified atom stereocenters. The molecule has 3 rings (SSSR count). The summed E-state index contributed by atoms with van der Waals surface area (Å²) in [5.74, 6) is 0. The van der Waals surface area contributed by atoms with Gasteiger partial charge in [-0.15, -0.1) is 0 Å². The highest BCUT2D eigenvalue weighted by Gasteiger charge is 2.22. The molecule has 1 aliphatic rings. The second-order valence-electron chi connectivity index (χ2n) is 7.72. The summed E-state index contributed by atoms with van der Waals surface area (Å²) < 4.78 is 0. The molecule has 0 radical (unpaired) electrons. The van der Waals surface area contributed by atoms with Crippen molar-refractivity contribution in [3.05, 3.63) is 64.7 Å². The first kappa shape index (κ1) is 18.8. The van der Waals surface area contributed by atoms with E-state index in [1.807, 2.05) is 13.1 Å². The van der Waals surface area contributed by atoms with E-state index in [2.05, 4.69) is 72.6 Å². The van der Waals surface area contributed by atoms with Gasteiger partial charge in [0, 0.05) is 36.5 Å². The second-order valence-corrected chi connectivity index (χ2v) is 8.15. The molecule has 1 aliphatic heterocycles. The number of hydrogen-bond donors (Lipinski definition) is 1. The first-order chi connectivity index (χ1) is 12.5. The molecule has 0 bridgehead atoms. The standard InChI is InChI=1S/C23H29ClN2/c1-23(2,21-17-19(24)10-13-22(21)25-3)14-6-7-18-8-11-20(12-9-18)26-15-4-5-16-26/h6-13,17,25H,4-5,14-16H2,1-3H3/b7-6+. The van der Waals surface area contributed by atoms with Gasteiger partial charge in [-0.25, -0.2) is 0 Å². The summed E-state index contributed by atoms with van der Waals surface area (Å²) in [5, 5.41) is 4.07. The minimum atomic E-state index is 0.00916. The van der Waals surface area contributed by atoms with E-state index in [9.17, 15) is 0 Å². The summed E-state index contributed by atoms with van der Waals surface area (Å²) in [6.07, 6.45) is 8.07. The van der Waals surface area contributed by atoms with Crippen molar-refractivity contribution >= 4 is 29.1 Å². The third-order valence-electron chi connectivity index (χ3n) is 5.28. The maximum Gasteiger partial charge on any atom is 0.0410 e. The van der Waals surface area contributed by atoms with Crippen LogP contribution < -0.4 is 10.2 Å². The Balaban J connectivity index is 1.68. The van der Waals surface area contributed by atoms with Crippen molar-refractivity contribution in [2.75, 3.05) is 30.4 Å². The van der Waals surface area contributed by atoms with E-state index in [-0.39, 0.29) is 5.41 Å². The summed E-state index contributed by atoms with van der Waals surface area (Å²) in [5.41, 5.74) is 5.00. The van der Waals surface area contributed by atoms with E-state index < -0.39 is 0 Å². The fourth-order valence-electron chi connectivity index (χ4n) is 3.67. The monoisotopic (exact) mass is 368 g/mol. The average molecular weight is 369 g/mol. The van der Waals surface area contributed by atoms with E-state index in [1.165, 1.54) is 42.7 Å². The molecule has 0 aromatic heterocycles. The van der Waals surface area contributed by atoms with Gasteiger partial charge in [0.1, 0.15) is 0 Å². The predicted octanol–water partition coefficient (Wildman–Crippen LogP) is 6.36. The van der Waals surface area contributed by atoms with E-state index in [0.717, 1.165) is 17.1 Å². The SMILES string of the molecule is CNc1ccc(Cl)cc1C(C)(C)C/C=C/c1ccc(N2CCCC2)cc1. The average Bonchev–Trinajstić information content (AvgIpc) is 3.17. The van der Waals surface area contributed by atoms with Gasteiger partial charge in [0.05, 0.1) is 0 Å². The summed E-state index contributed by atoms with van der Waals surface area (Å²) in [7, 11) is 1.96. The Labute approximate surface area is 162 Å². The largest absolute Gasteiger partial charge is 0.388 e. The van der Waals surface area contributed by atoms with Crippen LogP contribution in [0.1, 0.15) is 44.2 Å². The molecule has 1 N–H and O–H groups in total. The van der Waals surface area contributed by atoms with Crippen LogP contribution in [0.4, 0.5) is 11.4 Å². The molecular formula is C23H29ClN2. The molecule has 0 atom stereocenters.